The molecule has 0 amide bonds. The van der Waals surface area contributed by atoms with Crippen LogP contribution < -0.4 is 6.15 Å². The largest absolute Gasteiger partial charge is 0.344 e. The maximum Gasteiger partial charge on any atom is -0.0121 e. The van der Waals surface area contributed by atoms with Gasteiger partial charge in [0.1, 0.15) is 0 Å². The molecule has 0 radical (unpaired) electrons. The van der Waals surface area contributed by atoms with E-state index in [1.807, 2.05) is 31.0 Å². The van der Waals surface area contributed by atoms with Crippen molar-refractivity contribution in [2.75, 3.05) is 26.1 Å². The highest BCUT2D eigenvalue weighted by molar-refractivity contribution is 14.1. The summed E-state index contributed by atoms with van der Waals surface area (Å²) in [5, 5.41) is 0. The van der Waals surface area contributed by atoms with Crippen LogP contribution in [0.1, 0.15) is 0 Å². The highest BCUT2D eigenvalue weighted by atomic mass is 127. The Balaban J connectivity index is -0.0000000480. The predicted octanol–water partition coefficient (Wildman–Crippen LogP) is 1.39. The summed E-state index contributed by atoms with van der Waals surface area (Å²) in [5.74, 6) is 0. The molecule has 3 heteroatoms. The van der Waals surface area contributed by atoms with Crippen molar-refractivity contribution >= 4 is 22.6 Å². The van der Waals surface area contributed by atoms with E-state index >= 15 is 0 Å². The van der Waals surface area contributed by atoms with E-state index in [-0.39, 0.29) is 6.15 Å². The Morgan fingerprint density at radius 2 is 1.00 bits per heavy atom. The maximum absolute atomic E-state index is 2.15. The van der Waals surface area contributed by atoms with Crippen LogP contribution in [0.3, 0.4) is 0 Å². The zero-order chi connectivity index (χ0) is 5.58. The molecule has 0 unspecified atom stereocenters. The maximum atomic E-state index is 2.15. The molecule has 0 atom stereocenters. The minimum Gasteiger partial charge on any atom is -0.344 e. The average molecular weight is 218 g/mol. The first kappa shape index (κ1) is 15.6. The van der Waals surface area contributed by atoms with Crippen LogP contribution in [0.2, 0.25) is 0 Å². The fraction of sp³-hybridized carbons (Fsp3) is 1.00. The van der Waals surface area contributed by atoms with Gasteiger partial charge in [0, 0.05) is 0 Å². The number of alkyl halides is 1. The SMILES string of the molecule is CI.CN(C)C.N. The molecular formula is C4H15IN2. The smallest absolute Gasteiger partial charge is 0.0121 e. The summed E-state index contributed by atoms with van der Waals surface area (Å²) < 4.78 is 0. The van der Waals surface area contributed by atoms with Gasteiger partial charge in [0.15, 0.2) is 0 Å². The quantitative estimate of drug-likeness (QED) is 0.492. The van der Waals surface area contributed by atoms with Crippen molar-refractivity contribution in [3.8, 4) is 0 Å². The Bertz CT molecular complexity index is 14.4. The van der Waals surface area contributed by atoms with E-state index < -0.39 is 0 Å². The Hall–Kier alpha value is 0.650. The van der Waals surface area contributed by atoms with Gasteiger partial charge in [0.05, 0.1) is 0 Å². The summed E-state index contributed by atoms with van der Waals surface area (Å²) in [6, 6.07) is 0. The lowest BCUT2D eigenvalue weighted by atomic mass is 11.0. The first-order chi connectivity index (χ1) is 2.73. The van der Waals surface area contributed by atoms with Crippen LogP contribution >= 0.6 is 22.6 Å². The Labute approximate surface area is 60.0 Å². The normalized spacial score (nSPS) is 6.00. The molecule has 0 aliphatic heterocycles. The number of rotatable bonds is 0. The summed E-state index contributed by atoms with van der Waals surface area (Å²) in [7, 11) is 6.00. The molecule has 0 aliphatic carbocycles. The van der Waals surface area contributed by atoms with E-state index in [0.717, 1.165) is 0 Å². The van der Waals surface area contributed by atoms with Crippen LogP contribution in [0.25, 0.3) is 0 Å². The van der Waals surface area contributed by atoms with Gasteiger partial charge < -0.3 is 11.1 Å². The van der Waals surface area contributed by atoms with E-state index in [1.54, 1.807) is 0 Å². The number of hydrogen-bond donors (Lipinski definition) is 1. The Morgan fingerprint density at radius 1 is 1.00 bits per heavy atom. The van der Waals surface area contributed by atoms with Gasteiger partial charge in [-0.15, -0.1) is 0 Å². The van der Waals surface area contributed by atoms with Gasteiger partial charge in [-0.25, -0.2) is 0 Å². The first-order valence-electron chi connectivity index (χ1n) is 1.72. The second-order valence-corrected chi connectivity index (χ2v) is 1.34. The molecule has 0 aromatic rings. The molecule has 0 heterocycles. The third-order valence-electron chi connectivity index (χ3n) is 0. The minimum absolute atomic E-state index is 0. The van der Waals surface area contributed by atoms with E-state index in [4.69, 9.17) is 0 Å². The van der Waals surface area contributed by atoms with Crippen LogP contribution in [0.5, 0.6) is 0 Å². The van der Waals surface area contributed by atoms with Gasteiger partial charge in [-0.2, -0.15) is 0 Å². The molecule has 0 spiro atoms. The van der Waals surface area contributed by atoms with E-state index in [0.29, 0.717) is 0 Å². The molecule has 48 valence electrons. The minimum atomic E-state index is 0. The third kappa shape index (κ3) is 340. The van der Waals surface area contributed by atoms with Gasteiger partial charge in [0.2, 0.25) is 0 Å². The van der Waals surface area contributed by atoms with Crippen molar-refractivity contribution in [3.63, 3.8) is 0 Å². The van der Waals surface area contributed by atoms with Crippen molar-refractivity contribution in [3.05, 3.63) is 0 Å². The lowest BCUT2D eigenvalue weighted by molar-refractivity contribution is 0.505. The van der Waals surface area contributed by atoms with Crippen LogP contribution in [0.15, 0.2) is 0 Å². The Kier molecular flexibility index (Phi) is 35.6. The molecule has 0 aromatic heterocycles. The van der Waals surface area contributed by atoms with Crippen LogP contribution in [0, 0.1) is 0 Å². The molecule has 2 nitrogen and oxygen atoms in total. The summed E-state index contributed by atoms with van der Waals surface area (Å²) in [5.41, 5.74) is 0. The lowest BCUT2D eigenvalue weighted by Gasteiger charge is -1.90. The van der Waals surface area contributed by atoms with Crippen LogP contribution in [-0.2, 0) is 0 Å². The van der Waals surface area contributed by atoms with Crippen molar-refractivity contribution in [1.82, 2.24) is 11.1 Å². The van der Waals surface area contributed by atoms with Gasteiger partial charge >= 0.3 is 0 Å². The molecule has 0 aliphatic rings. The summed E-state index contributed by atoms with van der Waals surface area (Å²) in [4.78, 5) is 3.97. The highest BCUT2D eigenvalue weighted by Gasteiger charge is 1.58. The van der Waals surface area contributed by atoms with Crippen LogP contribution in [-0.4, -0.2) is 31.0 Å². The topological polar surface area (TPSA) is 38.2 Å². The molecule has 0 fully saturated rings. The van der Waals surface area contributed by atoms with Gasteiger partial charge in [-0.05, 0) is 26.1 Å². The third-order valence-corrected chi connectivity index (χ3v) is 0. The number of halogens is 1. The van der Waals surface area contributed by atoms with Crippen molar-refractivity contribution in [2.24, 2.45) is 0 Å². The molecular weight excluding hydrogens is 203 g/mol. The second kappa shape index (κ2) is 15.9. The first-order valence-corrected chi connectivity index (χ1v) is 3.88. The molecule has 0 aromatic carbocycles. The fourth-order valence-electron chi connectivity index (χ4n) is 0. The molecule has 7 heavy (non-hydrogen) atoms. The summed E-state index contributed by atoms with van der Waals surface area (Å²) in [6.45, 7) is 0. The van der Waals surface area contributed by atoms with E-state index in [9.17, 15) is 0 Å². The van der Waals surface area contributed by atoms with Gasteiger partial charge in [0.25, 0.3) is 0 Å². The van der Waals surface area contributed by atoms with E-state index in [2.05, 4.69) is 22.6 Å². The van der Waals surface area contributed by atoms with Crippen molar-refractivity contribution < 1.29 is 0 Å². The monoisotopic (exact) mass is 218 g/mol. The predicted molar refractivity (Wildman–Crippen MR) is 44.6 cm³/mol. The molecule has 3 N–H and O–H groups in total. The van der Waals surface area contributed by atoms with Gasteiger partial charge in [-0.3, -0.25) is 0 Å². The highest BCUT2D eigenvalue weighted by Crippen LogP contribution is 1.48. The second-order valence-electron chi connectivity index (χ2n) is 1.34. The molecule has 0 bridgehead atoms. The van der Waals surface area contributed by atoms with E-state index in [1.165, 1.54) is 0 Å². The number of hydrogen-bond acceptors (Lipinski definition) is 2. The number of nitrogens with zero attached hydrogens (tertiary/aromatic N) is 1. The average Bonchev–Trinajstić information content (AvgIpc) is 1.41. The molecule has 0 saturated carbocycles. The summed E-state index contributed by atoms with van der Waals surface area (Å²) >= 11 is 2.15. The molecule has 0 saturated heterocycles. The Morgan fingerprint density at radius 3 is 1.00 bits per heavy atom. The standard InChI is InChI=1S/C3H9N.CH3I.H3N/c1-4(2)3;1-2;/h1-3H3;1H3;1H3. The summed E-state index contributed by atoms with van der Waals surface area (Å²) in [6.07, 6.45) is 0. The van der Waals surface area contributed by atoms with Crippen molar-refractivity contribution in [2.45, 2.75) is 0 Å². The zero-order valence-corrected chi connectivity index (χ0v) is 7.69. The fourth-order valence-corrected chi connectivity index (χ4v) is 0. The zero-order valence-electron chi connectivity index (χ0n) is 5.53. The van der Waals surface area contributed by atoms with Gasteiger partial charge in [-0.1, -0.05) is 22.6 Å². The van der Waals surface area contributed by atoms with Crippen molar-refractivity contribution in [1.29, 1.82) is 0 Å². The van der Waals surface area contributed by atoms with Crippen LogP contribution in [0.4, 0.5) is 0 Å². The lowest BCUT2D eigenvalue weighted by Crippen LogP contribution is -1.99. The molecule has 0 rings (SSSR count).